The first-order chi connectivity index (χ1) is 11.0. The minimum atomic E-state index is -0.425. The molecule has 122 valence electrons. The van der Waals surface area contributed by atoms with Crippen molar-refractivity contribution >= 4 is 11.7 Å². The molecule has 5 heteroatoms. The number of amides is 2. The number of methoxy groups -OCH3 is 1. The van der Waals surface area contributed by atoms with Crippen molar-refractivity contribution in [3.8, 4) is 5.75 Å². The number of carbonyl (C=O) groups excluding carboxylic acids is 1. The first kappa shape index (κ1) is 16.8. The van der Waals surface area contributed by atoms with Gasteiger partial charge in [-0.15, -0.1) is 0 Å². The van der Waals surface area contributed by atoms with Gasteiger partial charge in [-0.2, -0.15) is 0 Å². The summed E-state index contributed by atoms with van der Waals surface area (Å²) in [5.41, 5.74) is 2.64. The molecule has 5 nitrogen and oxygen atoms in total. The molecule has 0 spiro atoms. The van der Waals surface area contributed by atoms with Gasteiger partial charge in [0.25, 0.3) is 0 Å². The van der Waals surface area contributed by atoms with E-state index in [-0.39, 0.29) is 12.6 Å². The minimum absolute atomic E-state index is 0.163. The summed E-state index contributed by atoms with van der Waals surface area (Å²) in [6.07, 6.45) is 0. The lowest BCUT2D eigenvalue weighted by molar-refractivity contribution is 0.159. The van der Waals surface area contributed by atoms with Crippen LogP contribution in [-0.2, 0) is 0 Å². The number of nitrogens with zero attached hydrogens (tertiary/aromatic N) is 1. The van der Waals surface area contributed by atoms with Crippen LogP contribution in [0.4, 0.5) is 10.5 Å². The van der Waals surface area contributed by atoms with Crippen LogP contribution in [0.1, 0.15) is 17.2 Å². The topological polar surface area (TPSA) is 61.8 Å². The van der Waals surface area contributed by atoms with E-state index in [1.54, 1.807) is 14.2 Å². The molecule has 0 saturated carbocycles. The number of ether oxygens (including phenoxy) is 1. The fourth-order valence-corrected chi connectivity index (χ4v) is 2.35. The number of urea groups is 1. The maximum Gasteiger partial charge on any atom is 0.322 e. The molecule has 23 heavy (non-hydrogen) atoms. The average Bonchev–Trinajstić information content (AvgIpc) is 2.56. The van der Waals surface area contributed by atoms with Crippen molar-refractivity contribution in [1.82, 2.24) is 4.90 Å². The molecular weight excluding hydrogens is 292 g/mol. The number of carbonyl (C=O) groups is 1. The molecule has 1 atom stereocenters. The van der Waals surface area contributed by atoms with Gasteiger partial charge in [-0.25, -0.2) is 4.79 Å². The Bertz CT molecular complexity index is 656. The van der Waals surface area contributed by atoms with Gasteiger partial charge in [-0.3, -0.25) is 0 Å². The summed E-state index contributed by atoms with van der Waals surface area (Å²) in [5, 5.41) is 12.5. The Morgan fingerprint density at radius 2 is 1.96 bits per heavy atom. The molecule has 1 unspecified atom stereocenters. The van der Waals surface area contributed by atoms with Crippen LogP contribution < -0.4 is 10.1 Å². The van der Waals surface area contributed by atoms with Gasteiger partial charge < -0.3 is 20.1 Å². The van der Waals surface area contributed by atoms with Crippen molar-refractivity contribution in [1.29, 1.82) is 0 Å². The van der Waals surface area contributed by atoms with Gasteiger partial charge in [0.1, 0.15) is 5.75 Å². The van der Waals surface area contributed by atoms with Crippen LogP contribution in [0.25, 0.3) is 0 Å². The molecule has 0 bridgehead atoms. The second-order valence-corrected chi connectivity index (χ2v) is 5.38. The van der Waals surface area contributed by atoms with Crippen LogP contribution in [0.2, 0.25) is 0 Å². The maximum atomic E-state index is 12.4. The Balaban J connectivity index is 2.11. The molecule has 0 aromatic heterocycles. The Kier molecular flexibility index (Phi) is 5.60. The largest absolute Gasteiger partial charge is 0.497 e. The second kappa shape index (κ2) is 7.65. The molecule has 2 aromatic carbocycles. The number of aliphatic hydroxyl groups excluding tert-OH is 1. The fraction of sp³-hybridized carbons (Fsp3) is 0.278. The molecule has 0 heterocycles. The van der Waals surface area contributed by atoms with Gasteiger partial charge in [0.2, 0.25) is 0 Å². The van der Waals surface area contributed by atoms with Gasteiger partial charge in [0, 0.05) is 12.7 Å². The summed E-state index contributed by atoms with van der Waals surface area (Å²) in [7, 11) is 3.26. The van der Waals surface area contributed by atoms with E-state index in [2.05, 4.69) is 5.32 Å². The van der Waals surface area contributed by atoms with E-state index < -0.39 is 6.04 Å². The van der Waals surface area contributed by atoms with Crippen LogP contribution in [0.3, 0.4) is 0 Å². The van der Waals surface area contributed by atoms with Crippen LogP contribution in [0.15, 0.2) is 48.5 Å². The highest BCUT2D eigenvalue weighted by Gasteiger charge is 2.21. The van der Waals surface area contributed by atoms with E-state index in [4.69, 9.17) is 4.74 Å². The molecule has 0 radical (unpaired) electrons. The van der Waals surface area contributed by atoms with Crippen molar-refractivity contribution < 1.29 is 14.6 Å². The SMILES string of the molecule is COc1ccc(C(CO)N(C)C(=O)Nc2cccc(C)c2)cc1. The summed E-state index contributed by atoms with van der Waals surface area (Å²) in [5.74, 6) is 0.734. The quantitative estimate of drug-likeness (QED) is 0.891. The smallest absolute Gasteiger partial charge is 0.322 e. The molecule has 0 fully saturated rings. The van der Waals surface area contributed by atoms with Gasteiger partial charge in [0.15, 0.2) is 0 Å². The second-order valence-electron chi connectivity index (χ2n) is 5.38. The highest BCUT2D eigenvalue weighted by molar-refractivity contribution is 5.89. The summed E-state index contributed by atoms with van der Waals surface area (Å²) < 4.78 is 5.13. The summed E-state index contributed by atoms with van der Waals surface area (Å²) in [6.45, 7) is 1.80. The average molecular weight is 314 g/mol. The van der Waals surface area contributed by atoms with E-state index >= 15 is 0 Å². The van der Waals surface area contributed by atoms with Crippen LogP contribution >= 0.6 is 0 Å². The molecule has 2 aromatic rings. The number of aliphatic hydroxyl groups is 1. The lowest BCUT2D eigenvalue weighted by Gasteiger charge is -2.27. The Morgan fingerprint density at radius 1 is 1.26 bits per heavy atom. The lowest BCUT2D eigenvalue weighted by atomic mass is 10.1. The first-order valence-corrected chi connectivity index (χ1v) is 7.40. The number of aryl methyl sites for hydroxylation is 1. The monoisotopic (exact) mass is 314 g/mol. The Hall–Kier alpha value is -2.53. The molecular formula is C18H22N2O3. The van der Waals surface area contributed by atoms with E-state index in [0.29, 0.717) is 0 Å². The number of hydrogen-bond acceptors (Lipinski definition) is 3. The van der Waals surface area contributed by atoms with E-state index in [1.807, 2.05) is 55.5 Å². The van der Waals surface area contributed by atoms with Crippen molar-refractivity contribution in [3.05, 3.63) is 59.7 Å². The van der Waals surface area contributed by atoms with Crippen molar-refractivity contribution in [2.75, 3.05) is 26.1 Å². The predicted molar refractivity (Wildman–Crippen MR) is 90.8 cm³/mol. The zero-order valence-electron chi connectivity index (χ0n) is 13.6. The van der Waals surface area contributed by atoms with Gasteiger partial charge in [-0.05, 0) is 42.3 Å². The Labute approximate surface area is 136 Å². The standard InChI is InChI=1S/C18H22N2O3/c1-13-5-4-6-15(11-13)19-18(22)20(2)17(12-21)14-7-9-16(23-3)10-8-14/h4-11,17,21H,12H2,1-3H3,(H,19,22). The lowest BCUT2D eigenvalue weighted by Crippen LogP contribution is -2.36. The predicted octanol–water partition coefficient (Wildman–Crippen LogP) is 3.20. The maximum absolute atomic E-state index is 12.4. The Morgan fingerprint density at radius 3 is 2.52 bits per heavy atom. The third-order valence-electron chi connectivity index (χ3n) is 3.73. The minimum Gasteiger partial charge on any atom is -0.497 e. The number of likely N-dealkylation sites (N-methyl/N-ethyl adjacent to an activating group) is 1. The highest BCUT2D eigenvalue weighted by atomic mass is 16.5. The fourth-order valence-electron chi connectivity index (χ4n) is 2.35. The van der Waals surface area contributed by atoms with Gasteiger partial charge in [-0.1, -0.05) is 24.3 Å². The first-order valence-electron chi connectivity index (χ1n) is 7.40. The van der Waals surface area contributed by atoms with Crippen LogP contribution in [-0.4, -0.2) is 36.8 Å². The molecule has 2 amide bonds. The number of anilines is 1. The van der Waals surface area contributed by atoms with Crippen molar-refractivity contribution in [2.24, 2.45) is 0 Å². The molecule has 2 rings (SSSR count). The highest BCUT2D eigenvalue weighted by Crippen LogP contribution is 2.22. The zero-order chi connectivity index (χ0) is 16.8. The summed E-state index contributed by atoms with van der Waals surface area (Å²) in [4.78, 5) is 13.9. The normalized spacial score (nSPS) is 11.7. The van der Waals surface area contributed by atoms with E-state index in [0.717, 1.165) is 22.6 Å². The molecule has 0 aliphatic carbocycles. The number of benzene rings is 2. The number of hydrogen-bond donors (Lipinski definition) is 2. The third kappa shape index (κ3) is 4.23. The third-order valence-corrected chi connectivity index (χ3v) is 3.73. The summed E-state index contributed by atoms with van der Waals surface area (Å²) >= 11 is 0. The van der Waals surface area contributed by atoms with Crippen molar-refractivity contribution in [2.45, 2.75) is 13.0 Å². The molecule has 0 aliphatic heterocycles. The van der Waals surface area contributed by atoms with E-state index in [9.17, 15) is 9.90 Å². The number of nitrogens with one attached hydrogen (secondary N) is 1. The van der Waals surface area contributed by atoms with Gasteiger partial charge >= 0.3 is 6.03 Å². The van der Waals surface area contributed by atoms with Crippen molar-refractivity contribution in [3.63, 3.8) is 0 Å². The van der Waals surface area contributed by atoms with Crippen LogP contribution in [0.5, 0.6) is 5.75 Å². The summed E-state index contributed by atoms with van der Waals surface area (Å²) in [6, 6.07) is 14.2. The van der Waals surface area contributed by atoms with Gasteiger partial charge in [0.05, 0.1) is 19.8 Å². The van der Waals surface area contributed by atoms with E-state index in [1.165, 1.54) is 4.90 Å². The van der Waals surface area contributed by atoms with Crippen LogP contribution in [0, 0.1) is 6.92 Å². The molecule has 0 saturated heterocycles. The molecule has 2 N–H and O–H groups in total. The number of rotatable bonds is 5. The zero-order valence-corrected chi connectivity index (χ0v) is 13.6. The molecule has 0 aliphatic rings.